The van der Waals surface area contributed by atoms with E-state index in [1.165, 1.54) is 17.0 Å². The number of phenols is 2. The van der Waals surface area contributed by atoms with Gasteiger partial charge in [0, 0.05) is 32.5 Å². The molecule has 2 aromatic rings. The third-order valence-electron chi connectivity index (χ3n) is 10.2. The summed E-state index contributed by atoms with van der Waals surface area (Å²) in [6.45, 7) is 1.20. The number of hydrogen-bond donors (Lipinski definition) is 14. The Morgan fingerprint density at radius 2 is 1.08 bits per heavy atom. The number of carboxylic acid groups (broad SMARTS) is 4. The standard InChI is InChI=1S/C35H51N9O7.4C2HF3O2/c36-11-1-4-25(32(48)40-14-13-38)42-34(50)28-6-3-15-44(28)35(51)27-19-23-17-21(8-10-30(23)46)20-7-9-29(45)22(16-20)18-24(39)31(47)41-26(5-2-12-37)33(49)43-27;4*3-2(4,5)1(6)7/h7-10,16-17,24-28,45-46H,1-6,11-15,18-19,36-39H2,(H,40,48)(H,41,47)(H,42,50)(H,43,49);4*(H,6,7)/t24-,25+,26-,27-,28+;;;;/m1..../s1. The summed E-state index contributed by atoms with van der Waals surface area (Å²) < 4.78 is 127. The monoisotopic (exact) mass is 1170 g/mol. The van der Waals surface area contributed by atoms with Crippen LogP contribution in [0.2, 0.25) is 0 Å². The first-order chi connectivity index (χ1) is 36.2. The van der Waals surface area contributed by atoms with Crippen molar-refractivity contribution in [3.05, 3.63) is 47.5 Å². The summed E-state index contributed by atoms with van der Waals surface area (Å²) >= 11 is 0. The van der Waals surface area contributed by atoms with Gasteiger partial charge >= 0.3 is 48.6 Å². The van der Waals surface area contributed by atoms with E-state index in [4.69, 9.17) is 62.5 Å². The number of phenolic OH excluding ortho intramolecular Hbond substituents is 2. The molecule has 0 aromatic heterocycles. The van der Waals surface area contributed by atoms with Gasteiger partial charge < -0.3 is 79.7 Å². The first-order valence-electron chi connectivity index (χ1n) is 22.4. The second-order valence-electron chi connectivity index (χ2n) is 16.2. The quantitative estimate of drug-likeness (QED) is 0.130. The molecule has 1 saturated heterocycles. The lowest BCUT2D eigenvalue weighted by Gasteiger charge is -2.31. The van der Waals surface area contributed by atoms with Gasteiger partial charge in [0.15, 0.2) is 0 Å². The van der Waals surface area contributed by atoms with Gasteiger partial charge in [-0.15, -0.1) is 0 Å². The molecule has 2 aliphatic heterocycles. The van der Waals surface area contributed by atoms with Crippen LogP contribution in [0.1, 0.15) is 49.7 Å². The van der Waals surface area contributed by atoms with E-state index in [1.807, 2.05) is 0 Å². The zero-order chi connectivity index (χ0) is 61.4. The second kappa shape index (κ2) is 32.2. The van der Waals surface area contributed by atoms with Crippen molar-refractivity contribution >= 4 is 53.4 Å². The van der Waals surface area contributed by atoms with Gasteiger partial charge in [0.2, 0.25) is 29.5 Å². The van der Waals surface area contributed by atoms with Gasteiger partial charge in [0.25, 0.3) is 0 Å². The highest BCUT2D eigenvalue weighted by Gasteiger charge is 2.42. The van der Waals surface area contributed by atoms with Crippen LogP contribution in [0.3, 0.4) is 0 Å². The maximum absolute atomic E-state index is 14.4. The Labute approximate surface area is 437 Å². The minimum absolute atomic E-state index is 0.0248. The number of likely N-dealkylation sites (tertiary alicyclic amines) is 1. The Morgan fingerprint density at radius 1 is 0.646 bits per heavy atom. The molecule has 5 amide bonds. The van der Waals surface area contributed by atoms with Gasteiger partial charge in [-0.1, -0.05) is 12.1 Å². The minimum atomic E-state index is -5.08. The fourth-order valence-corrected chi connectivity index (χ4v) is 6.43. The number of carbonyl (C=O) groups excluding carboxylic acids is 5. The van der Waals surface area contributed by atoms with Crippen molar-refractivity contribution in [3.63, 3.8) is 0 Å². The predicted octanol–water partition coefficient (Wildman–Crippen LogP) is 0.722. The van der Waals surface area contributed by atoms with E-state index >= 15 is 0 Å². The number of benzene rings is 2. The Bertz CT molecular complexity index is 2320. The average molecular weight is 1170 g/mol. The van der Waals surface area contributed by atoms with Crippen LogP contribution in [0.25, 0.3) is 11.1 Å². The first kappa shape index (κ1) is 71.3. The summed E-state index contributed by atoms with van der Waals surface area (Å²) in [6.07, 6.45) is -18.4. The zero-order valence-electron chi connectivity index (χ0n) is 40.7. The molecule has 0 unspecified atom stereocenters. The van der Waals surface area contributed by atoms with Crippen molar-refractivity contribution in [3.8, 4) is 22.6 Å². The number of carboxylic acids is 4. The van der Waals surface area contributed by atoms with Crippen molar-refractivity contribution in [2.24, 2.45) is 22.9 Å². The number of nitrogens with one attached hydrogen (secondary N) is 4. The molecule has 18 N–H and O–H groups in total. The Hall–Kier alpha value is -7.73. The molecule has 24 nitrogen and oxygen atoms in total. The van der Waals surface area contributed by atoms with Gasteiger partial charge in [-0.05, 0) is 98.1 Å². The van der Waals surface area contributed by atoms with Crippen molar-refractivity contribution in [1.82, 2.24) is 26.2 Å². The maximum atomic E-state index is 14.4. The van der Waals surface area contributed by atoms with Gasteiger partial charge in [-0.25, -0.2) is 19.2 Å². The summed E-state index contributed by atoms with van der Waals surface area (Å²) in [5.74, 6) is -14.0. The van der Waals surface area contributed by atoms with Gasteiger partial charge in [-0.3, -0.25) is 24.0 Å². The molecule has 446 valence electrons. The molecule has 36 heteroatoms. The first-order valence-corrected chi connectivity index (χ1v) is 22.4. The zero-order valence-corrected chi connectivity index (χ0v) is 40.7. The summed E-state index contributed by atoms with van der Waals surface area (Å²) in [7, 11) is 0. The van der Waals surface area contributed by atoms with E-state index in [0.29, 0.717) is 54.5 Å². The maximum Gasteiger partial charge on any atom is 0.490 e. The molecule has 5 atom stereocenters. The van der Waals surface area contributed by atoms with Crippen molar-refractivity contribution in [2.45, 2.75) is 106 Å². The van der Waals surface area contributed by atoms with Crippen molar-refractivity contribution in [2.75, 3.05) is 32.7 Å². The van der Waals surface area contributed by atoms with E-state index in [2.05, 4.69) is 21.3 Å². The van der Waals surface area contributed by atoms with Gasteiger partial charge in [0.1, 0.15) is 35.7 Å². The third kappa shape index (κ3) is 26.0. The number of halogens is 12. The highest BCUT2D eigenvalue weighted by molar-refractivity contribution is 5.96. The molecular formula is C43H55F12N9O15. The van der Waals surface area contributed by atoms with Crippen LogP contribution in [0.15, 0.2) is 36.4 Å². The number of hydrogen-bond acceptors (Lipinski definition) is 15. The number of nitrogens with two attached hydrogens (primary N) is 4. The van der Waals surface area contributed by atoms with E-state index in [0.717, 1.165) is 0 Å². The van der Waals surface area contributed by atoms with Crippen LogP contribution in [0.4, 0.5) is 52.7 Å². The van der Waals surface area contributed by atoms with Crippen LogP contribution >= 0.6 is 0 Å². The fourth-order valence-electron chi connectivity index (χ4n) is 6.43. The lowest BCUT2D eigenvalue weighted by Crippen LogP contribution is -2.59. The predicted molar refractivity (Wildman–Crippen MR) is 245 cm³/mol. The molecule has 4 bridgehead atoms. The number of nitrogens with zero attached hydrogens (tertiary/aromatic N) is 1. The van der Waals surface area contributed by atoms with Crippen molar-refractivity contribution in [1.29, 1.82) is 0 Å². The van der Waals surface area contributed by atoms with E-state index in [1.54, 1.807) is 24.3 Å². The fraction of sp³-hybridized carbons (Fsp3) is 0.512. The highest BCUT2D eigenvalue weighted by Crippen LogP contribution is 2.32. The molecule has 0 aliphatic carbocycles. The molecular weight excluding hydrogens is 1110 g/mol. The normalized spacial score (nSPS) is 17.8. The van der Waals surface area contributed by atoms with E-state index < -0.39 is 108 Å². The minimum Gasteiger partial charge on any atom is -0.508 e. The number of amides is 5. The van der Waals surface area contributed by atoms with Crippen LogP contribution in [-0.4, -0.2) is 177 Å². The number of carbonyl (C=O) groups is 9. The lowest BCUT2D eigenvalue weighted by molar-refractivity contribution is -0.193. The summed E-state index contributed by atoms with van der Waals surface area (Å²) in [5, 5.41) is 60.9. The number of aromatic hydroxyl groups is 2. The summed E-state index contributed by atoms with van der Waals surface area (Å²) in [6, 6.07) is 4.37. The number of fused-ring (bicyclic) bond motifs is 5. The summed E-state index contributed by atoms with van der Waals surface area (Å²) in [5.41, 5.74) is 25.2. The van der Waals surface area contributed by atoms with Gasteiger partial charge in [0.05, 0.1) is 6.04 Å². The van der Waals surface area contributed by atoms with Crippen molar-refractivity contribution < 1.29 is 126 Å². The van der Waals surface area contributed by atoms with Crippen LogP contribution in [-0.2, 0) is 56.0 Å². The Balaban J connectivity index is 0.00000176. The summed E-state index contributed by atoms with van der Waals surface area (Å²) in [4.78, 5) is 105. The third-order valence-corrected chi connectivity index (χ3v) is 10.2. The van der Waals surface area contributed by atoms with E-state index in [9.17, 15) is 86.9 Å². The topological polar surface area (TPSA) is 430 Å². The highest BCUT2D eigenvalue weighted by atomic mass is 19.4. The molecule has 0 saturated carbocycles. The molecule has 2 heterocycles. The average Bonchev–Trinajstić information content (AvgIpc) is 3.84. The Kier molecular flexibility index (Phi) is 29.1. The molecule has 4 rings (SSSR count). The van der Waals surface area contributed by atoms with Gasteiger partial charge in [-0.2, -0.15) is 52.7 Å². The lowest BCUT2D eigenvalue weighted by atomic mass is 9.95. The van der Waals surface area contributed by atoms with Crippen LogP contribution in [0, 0.1) is 0 Å². The number of alkyl halides is 12. The largest absolute Gasteiger partial charge is 0.508 e. The van der Waals surface area contributed by atoms with E-state index in [-0.39, 0.29) is 63.4 Å². The van der Waals surface area contributed by atoms with Crippen LogP contribution < -0.4 is 44.2 Å². The number of aliphatic carboxylic acids is 4. The molecule has 1 fully saturated rings. The molecule has 2 aromatic carbocycles. The SMILES string of the molecule is NCCC[C@H](NC(=O)[C@@H]1CCCN1C(=O)[C@H]1Cc2cc(ccc2O)-c2ccc(O)c(c2)C[C@@H](N)C(=O)N[C@H](CCCN)C(=O)N1)C(=O)NCCN.O=C(O)C(F)(F)F.O=C(O)C(F)(F)F.O=C(O)C(F)(F)F.O=C(O)C(F)(F)F. The molecule has 0 radical (unpaired) electrons. The molecule has 0 spiro atoms. The smallest absolute Gasteiger partial charge is 0.490 e. The molecule has 2 aliphatic rings. The second-order valence-corrected chi connectivity index (χ2v) is 16.2. The molecule has 79 heavy (non-hydrogen) atoms. The number of rotatable bonds is 12. The Morgan fingerprint density at radius 3 is 1.48 bits per heavy atom. The van der Waals surface area contributed by atoms with Crippen LogP contribution in [0.5, 0.6) is 11.5 Å².